The molecule has 6 nitrogen and oxygen atoms in total. The zero-order valence-corrected chi connectivity index (χ0v) is 15.6. The van der Waals surface area contributed by atoms with Crippen molar-refractivity contribution in [3.63, 3.8) is 0 Å². The van der Waals surface area contributed by atoms with E-state index in [-0.39, 0.29) is 11.8 Å². The molecule has 0 saturated heterocycles. The van der Waals surface area contributed by atoms with Gasteiger partial charge in [0.2, 0.25) is 11.8 Å². The minimum absolute atomic E-state index is 0.189. The maximum absolute atomic E-state index is 13.2. The number of rotatable bonds is 4. The van der Waals surface area contributed by atoms with Gasteiger partial charge < -0.3 is 10.1 Å². The van der Waals surface area contributed by atoms with Crippen LogP contribution in [-0.2, 0) is 4.79 Å². The minimum Gasteiger partial charge on any atom is -0.438 e. The number of hydrogen-bond donors (Lipinski definition) is 1. The zero-order chi connectivity index (χ0) is 19.0. The lowest BCUT2D eigenvalue weighted by Gasteiger charge is -2.37. The van der Waals surface area contributed by atoms with Crippen molar-refractivity contribution in [2.45, 2.75) is 19.8 Å². The largest absolute Gasteiger partial charge is 0.438 e. The number of hydrogen-bond acceptors (Lipinski definition) is 6. The van der Waals surface area contributed by atoms with Crippen LogP contribution in [0.1, 0.15) is 41.4 Å². The van der Waals surface area contributed by atoms with Crippen LogP contribution in [0.3, 0.4) is 0 Å². The van der Waals surface area contributed by atoms with Crippen molar-refractivity contribution in [2.24, 2.45) is 5.41 Å². The zero-order valence-electron chi connectivity index (χ0n) is 14.8. The highest BCUT2D eigenvalue weighted by atomic mass is 32.1. The van der Waals surface area contributed by atoms with Crippen LogP contribution in [0.4, 0.5) is 5.13 Å². The van der Waals surface area contributed by atoms with Crippen LogP contribution in [0.15, 0.2) is 48.0 Å². The third-order valence-corrected chi connectivity index (χ3v) is 5.49. The SMILES string of the molecule is CC(C)(C(=O)Nc1nc(C=O)cs1)C1c2ccccc2Oc2ncccc21. The number of benzene rings is 1. The fraction of sp³-hybridized carbons (Fsp3) is 0.200. The molecule has 1 aromatic carbocycles. The molecule has 3 heterocycles. The van der Waals surface area contributed by atoms with Gasteiger partial charge in [-0.25, -0.2) is 9.97 Å². The van der Waals surface area contributed by atoms with Gasteiger partial charge in [0.1, 0.15) is 11.4 Å². The molecule has 0 bridgehead atoms. The normalized spacial score (nSPS) is 15.3. The number of aldehydes is 1. The molecule has 0 radical (unpaired) electrons. The molecule has 1 amide bonds. The summed E-state index contributed by atoms with van der Waals surface area (Å²) in [7, 11) is 0. The number of nitrogens with one attached hydrogen (secondary N) is 1. The van der Waals surface area contributed by atoms with Crippen LogP contribution >= 0.6 is 11.3 Å². The number of carbonyl (C=O) groups is 2. The number of pyridine rings is 1. The van der Waals surface area contributed by atoms with E-state index >= 15 is 0 Å². The summed E-state index contributed by atoms with van der Waals surface area (Å²) in [6.45, 7) is 3.78. The summed E-state index contributed by atoms with van der Waals surface area (Å²) in [6, 6.07) is 11.5. The van der Waals surface area contributed by atoms with Gasteiger partial charge in [0.05, 0.1) is 5.41 Å². The van der Waals surface area contributed by atoms with Gasteiger partial charge in [0.25, 0.3) is 0 Å². The van der Waals surface area contributed by atoms with E-state index in [0.717, 1.165) is 11.1 Å². The predicted molar refractivity (Wildman–Crippen MR) is 103 cm³/mol. The summed E-state index contributed by atoms with van der Waals surface area (Å²) in [4.78, 5) is 32.4. The Morgan fingerprint density at radius 3 is 2.78 bits per heavy atom. The van der Waals surface area contributed by atoms with Crippen molar-refractivity contribution in [3.8, 4) is 11.6 Å². The van der Waals surface area contributed by atoms with Crippen molar-refractivity contribution >= 4 is 28.7 Å². The number of thiazole rings is 1. The topological polar surface area (TPSA) is 81.2 Å². The second kappa shape index (κ2) is 6.59. The fourth-order valence-corrected chi connectivity index (χ4v) is 4.01. The fourth-order valence-electron chi connectivity index (χ4n) is 3.36. The van der Waals surface area contributed by atoms with Crippen molar-refractivity contribution in [2.75, 3.05) is 5.32 Å². The Hall–Kier alpha value is -3.06. The van der Waals surface area contributed by atoms with Crippen molar-refractivity contribution < 1.29 is 14.3 Å². The Bertz CT molecular complexity index is 983. The first-order chi connectivity index (χ1) is 13.0. The summed E-state index contributed by atoms with van der Waals surface area (Å²) in [5.41, 5.74) is 1.29. The molecule has 1 atom stereocenters. The van der Waals surface area contributed by atoms with Crippen molar-refractivity contribution in [1.29, 1.82) is 0 Å². The smallest absolute Gasteiger partial charge is 0.232 e. The Morgan fingerprint density at radius 2 is 2.00 bits per heavy atom. The summed E-state index contributed by atoms with van der Waals surface area (Å²) in [6.07, 6.45) is 2.33. The number of aromatic nitrogens is 2. The van der Waals surface area contributed by atoms with Gasteiger partial charge in [-0.1, -0.05) is 38.1 Å². The van der Waals surface area contributed by atoms with Crippen LogP contribution in [0.5, 0.6) is 11.6 Å². The highest BCUT2D eigenvalue weighted by Crippen LogP contribution is 2.51. The number of ether oxygens (including phenoxy) is 1. The number of amides is 1. The van der Waals surface area contributed by atoms with E-state index in [2.05, 4.69) is 15.3 Å². The Labute approximate surface area is 160 Å². The minimum atomic E-state index is -0.815. The lowest BCUT2D eigenvalue weighted by atomic mass is 9.70. The van der Waals surface area contributed by atoms with E-state index in [4.69, 9.17) is 4.74 Å². The maximum atomic E-state index is 13.2. The van der Waals surface area contributed by atoms with Gasteiger partial charge in [-0.05, 0) is 12.1 Å². The van der Waals surface area contributed by atoms with Crippen molar-refractivity contribution in [3.05, 3.63) is 64.8 Å². The molecular weight excluding hydrogens is 362 g/mol. The standard InChI is InChI=1S/C20H17N3O3S/c1-20(2,18(25)23-19-22-12(10-24)11-27-19)16-13-6-3-4-8-15(13)26-17-14(16)7-5-9-21-17/h3-11,16H,1-2H3,(H,22,23,25). The van der Waals surface area contributed by atoms with Crippen molar-refractivity contribution in [1.82, 2.24) is 9.97 Å². The molecule has 0 spiro atoms. The van der Waals surface area contributed by atoms with E-state index in [1.807, 2.05) is 50.2 Å². The molecule has 27 heavy (non-hydrogen) atoms. The molecule has 0 fully saturated rings. The lowest BCUT2D eigenvalue weighted by Crippen LogP contribution is -2.38. The number of para-hydroxylation sites is 1. The molecule has 1 unspecified atom stereocenters. The maximum Gasteiger partial charge on any atom is 0.232 e. The number of anilines is 1. The molecule has 0 saturated carbocycles. The van der Waals surface area contributed by atoms with Gasteiger partial charge in [0.15, 0.2) is 11.4 Å². The molecule has 136 valence electrons. The van der Waals surface area contributed by atoms with Crippen LogP contribution < -0.4 is 10.1 Å². The third-order valence-electron chi connectivity index (χ3n) is 4.72. The Kier molecular flexibility index (Phi) is 4.24. The third kappa shape index (κ3) is 3.00. The number of nitrogens with zero attached hydrogens (tertiary/aromatic N) is 2. The molecule has 7 heteroatoms. The van der Waals surface area contributed by atoms with Crippen LogP contribution in [0, 0.1) is 5.41 Å². The molecule has 2 aromatic heterocycles. The van der Waals surface area contributed by atoms with Crippen LogP contribution in [0.25, 0.3) is 0 Å². The molecule has 1 N–H and O–H groups in total. The van der Waals surface area contributed by atoms with E-state index in [0.29, 0.717) is 28.7 Å². The Morgan fingerprint density at radius 1 is 1.22 bits per heavy atom. The van der Waals surface area contributed by atoms with Gasteiger partial charge in [-0.2, -0.15) is 0 Å². The Balaban J connectivity index is 1.74. The second-order valence-corrected chi connectivity index (χ2v) is 7.70. The van der Waals surface area contributed by atoms with E-state index in [9.17, 15) is 9.59 Å². The summed E-state index contributed by atoms with van der Waals surface area (Å²) in [5.74, 6) is 0.786. The first-order valence-electron chi connectivity index (χ1n) is 8.44. The summed E-state index contributed by atoms with van der Waals surface area (Å²) in [5, 5.41) is 4.86. The predicted octanol–water partition coefficient (Wildman–Crippen LogP) is 4.25. The molecular formula is C20H17N3O3S. The van der Waals surface area contributed by atoms with Gasteiger partial charge in [-0.15, -0.1) is 11.3 Å². The van der Waals surface area contributed by atoms with Crippen LogP contribution in [0.2, 0.25) is 0 Å². The molecule has 0 aliphatic carbocycles. The van der Waals surface area contributed by atoms with Gasteiger partial charge in [0, 0.05) is 28.6 Å². The van der Waals surface area contributed by atoms with Gasteiger partial charge in [-0.3, -0.25) is 9.59 Å². The molecule has 4 rings (SSSR count). The highest BCUT2D eigenvalue weighted by molar-refractivity contribution is 7.14. The quantitative estimate of drug-likeness (QED) is 0.685. The highest BCUT2D eigenvalue weighted by Gasteiger charge is 2.44. The lowest BCUT2D eigenvalue weighted by molar-refractivity contribution is -0.124. The summed E-state index contributed by atoms with van der Waals surface area (Å²) < 4.78 is 5.93. The molecule has 3 aromatic rings. The monoisotopic (exact) mass is 379 g/mol. The molecule has 1 aliphatic heterocycles. The second-order valence-electron chi connectivity index (χ2n) is 6.84. The first kappa shape index (κ1) is 17.4. The van der Waals surface area contributed by atoms with E-state index in [1.165, 1.54) is 11.3 Å². The van der Waals surface area contributed by atoms with E-state index < -0.39 is 5.41 Å². The number of fused-ring (bicyclic) bond motifs is 2. The number of carbonyl (C=O) groups excluding carboxylic acids is 2. The average molecular weight is 379 g/mol. The summed E-state index contributed by atoms with van der Waals surface area (Å²) >= 11 is 1.23. The van der Waals surface area contributed by atoms with Crippen LogP contribution in [-0.4, -0.2) is 22.2 Å². The first-order valence-corrected chi connectivity index (χ1v) is 9.32. The molecule has 1 aliphatic rings. The van der Waals surface area contributed by atoms with Gasteiger partial charge >= 0.3 is 0 Å². The van der Waals surface area contributed by atoms with E-state index in [1.54, 1.807) is 11.6 Å². The average Bonchev–Trinajstić information content (AvgIpc) is 3.13.